The fourth-order valence-corrected chi connectivity index (χ4v) is 2.00. The summed E-state index contributed by atoms with van der Waals surface area (Å²) in [5.41, 5.74) is 2.15. The Morgan fingerprint density at radius 2 is 2.05 bits per heavy atom. The molecule has 0 spiro atoms. The van der Waals surface area contributed by atoms with Crippen LogP contribution in [0.25, 0.3) is 10.9 Å². The Balaban J connectivity index is 0.00000220. The number of likely N-dealkylation sites (N-methyl/N-ethyl adjacent to an activating group) is 1. The molecule has 0 radical (unpaired) electrons. The molecule has 0 bridgehead atoms. The number of fused-ring (bicyclic) bond motifs is 1. The molecule has 1 aromatic heterocycles. The summed E-state index contributed by atoms with van der Waals surface area (Å²) >= 11 is 0. The molecule has 0 fully saturated rings. The standard InChI is InChI=1S/C15H19N3O2.ClH/c1-10-13(15(19)17-7-6-16-2)8-11-4-5-12(20-3)9-14(11)18-10;/h4-5,8-9,16H,6-7H2,1-3H3,(H,17,19);1H. The van der Waals surface area contributed by atoms with Crippen molar-refractivity contribution in [1.29, 1.82) is 0 Å². The molecule has 21 heavy (non-hydrogen) atoms. The number of aromatic nitrogens is 1. The lowest BCUT2D eigenvalue weighted by Gasteiger charge is -2.09. The number of halogens is 1. The van der Waals surface area contributed by atoms with Crippen molar-refractivity contribution in [1.82, 2.24) is 15.6 Å². The van der Waals surface area contributed by atoms with Crippen LogP contribution in [0.1, 0.15) is 16.1 Å². The highest BCUT2D eigenvalue weighted by atomic mass is 35.5. The fourth-order valence-electron chi connectivity index (χ4n) is 2.00. The van der Waals surface area contributed by atoms with E-state index in [1.807, 2.05) is 38.2 Å². The number of methoxy groups -OCH3 is 1. The molecule has 2 rings (SSSR count). The number of carbonyl (C=O) groups excluding carboxylic acids is 1. The third-order valence-corrected chi connectivity index (χ3v) is 3.12. The van der Waals surface area contributed by atoms with E-state index >= 15 is 0 Å². The van der Waals surface area contributed by atoms with Gasteiger partial charge in [-0.05, 0) is 32.2 Å². The minimum Gasteiger partial charge on any atom is -0.497 e. The highest BCUT2D eigenvalue weighted by Gasteiger charge is 2.11. The van der Waals surface area contributed by atoms with Gasteiger partial charge in [0.05, 0.1) is 23.9 Å². The second kappa shape index (κ2) is 7.81. The molecule has 2 N–H and O–H groups in total. The maximum Gasteiger partial charge on any atom is 0.253 e. The quantitative estimate of drug-likeness (QED) is 0.828. The number of nitrogens with one attached hydrogen (secondary N) is 2. The van der Waals surface area contributed by atoms with Crippen molar-refractivity contribution < 1.29 is 9.53 Å². The number of amides is 1. The van der Waals surface area contributed by atoms with Crippen LogP contribution in [0.4, 0.5) is 0 Å². The molecule has 114 valence electrons. The van der Waals surface area contributed by atoms with Crippen molar-refractivity contribution in [2.75, 3.05) is 27.2 Å². The van der Waals surface area contributed by atoms with E-state index in [2.05, 4.69) is 15.6 Å². The average Bonchev–Trinajstić information content (AvgIpc) is 2.46. The van der Waals surface area contributed by atoms with Crippen LogP contribution in [-0.4, -0.2) is 38.1 Å². The highest BCUT2D eigenvalue weighted by molar-refractivity contribution is 5.98. The molecule has 0 aliphatic heterocycles. The average molecular weight is 310 g/mol. The molecule has 1 aromatic carbocycles. The van der Waals surface area contributed by atoms with Crippen molar-refractivity contribution in [3.8, 4) is 5.75 Å². The van der Waals surface area contributed by atoms with Gasteiger partial charge in [-0.2, -0.15) is 0 Å². The van der Waals surface area contributed by atoms with Gasteiger partial charge < -0.3 is 15.4 Å². The lowest BCUT2D eigenvalue weighted by atomic mass is 10.1. The molecule has 0 saturated heterocycles. The fraction of sp³-hybridized carbons (Fsp3) is 0.333. The van der Waals surface area contributed by atoms with Crippen LogP contribution in [0.15, 0.2) is 24.3 Å². The molecule has 1 amide bonds. The van der Waals surface area contributed by atoms with Gasteiger partial charge in [-0.1, -0.05) is 0 Å². The number of aryl methyl sites for hydroxylation is 1. The molecule has 0 aliphatic rings. The summed E-state index contributed by atoms with van der Waals surface area (Å²) in [5.74, 6) is 0.665. The van der Waals surface area contributed by atoms with Crippen molar-refractivity contribution >= 4 is 29.2 Å². The zero-order chi connectivity index (χ0) is 14.5. The Kier molecular flexibility index (Phi) is 6.39. The van der Waals surface area contributed by atoms with E-state index in [0.717, 1.165) is 23.2 Å². The normalized spacial score (nSPS) is 10.0. The van der Waals surface area contributed by atoms with Crippen molar-refractivity contribution in [2.45, 2.75) is 6.92 Å². The topological polar surface area (TPSA) is 63.2 Å². The Bertz CT molecular complexity index is 632. The number of rotatable bonds is 5. The Morgan fingerprint density at radius 1 is 1.29 bits per heavy atom. The van der Waals surface area contributed by atoms with E-state index in [1.54, 1.807) is 7.11 Å². The lowest BCUT2D eigenvalue weighted by molar-refractivity contribution is 0.0953. The Labute approximate surface area is 130 Å². The number of benzene rings is 1. The SMILES string of the molecule is CNCCNC(=O)c1cc2ccc(OC)cc2nc1C.Cl. The Morgan fingerprint density at radius 3 is 2.71 bits per heavy atom. The van der Waals surface area contributed by atoms with Gasteiger partial charge in [0.2, 0.25) is 0 Å². The van der Waals surface area contributed by atoms with E-state index in [4.69, 9.17) is 4.74 Å². The minimum absolute atomic E-state index is 0. The van der Waals surface area contributed by atoms with Crippen LogP contribution in [0.5, 0.6) is 5.75 Å². The van der Waals surface area contributed by atoms with Gasteiger partial charge in [-0.15, -0.1) is 12.4 Å². The second-order valence-electron chi connectivity index (χ2n) is 4.54. The molecule has 1 heterocycles. The maximum atomic E-state index is 12.1. The van der Waals surface area contributed by atoms with Crippen molar-refractivity contribution in [3.63, 3.8) is 0 Å². The summed E-state index contributed by atoms with van der Waals surface area (Å²) in [6.07, 6.45) is 0. The summed E-state index contributed by atoms with van der Waals surface area (Å²) in [5, 5.41) is 6.78. The van der Waals surface area contributed by atoms with E-state index < -0.39 is 0 Å². The number of hydrogen-bond acceptors (Lipinski definition) is 4. The summed E-state index contributed by atoms with van der Waals surface area (Å²) in [6.45, 7) is 3.17. The van der Waals surface area contributed by atoms with Crippen LogP contribution in [0.2, 0.25) is 0 Å². The van der Waals surface area contributed by atoms with Crippen LogP contribution in [-0.2, 0) is 0 Å². The molecule has 0 unspecified atom stereocenters. The molecule has 0 atom stereocenters. The Hall–Kier alpha value is -1.85. The van der Waals surface area contributed by atoms with E-state index in [9.17, 15) is 4.79 Å². The molecule has 5 nitrogen and oxygen atoms in total. The molecule has 0 saturated carbocycles. The number of pyridine rings is 1. The van der Waals surface area contributed by atoms with Gasteiger partial charge in [0.15, 0.2) is 0 Å². The van der Waals surface area contributed by atoms with Crippen LogP contribution in [0, 0.1) is 6.92 Å². The summed E-state index contributed by atoms with van der Waals surface area (Å²) < 4.78 is 5.18. The smallest absolute Gasteiger partial charge is 0.253 e. The predicted molar refractivity (Wildman–Crippen MR) is 86.5 cm³/mol. The number of hydrogen-bond donors (Lipinski definition) is 2. The minimum atomic E-state index is -0.0945. The summed E-state index contributed by atoms with van der Waals surface area (Å²) in [6, 6.07) is 7.50. The lowest BCUT2D eigenvalue weighted by Crippen LogP contribution is -2.31. The number of carbonyl (C=O) groups is 1. The van der Waals surface area contributed by atoms with Crippen molar-refractivity contribution in [2.24, 2.45) is 0 Å². The van der Waals surface area contributed by atoms with E-state index in [1.165, 1.54) is 0 Å². The van der Waals surface area contributed by atoms with Gasteiger partial charge in [0, 0.05) is 24.5 Å². The third kappa shape index (κ3) is 4.06. The van der Waals surface area contributed by atoms with Crippen LogP contribution < -0.4 is 15.4 Å². The predicted octanol–water partition coefficient (Wildman–Crippen LogP) is 1.92. The van der Waals surface area contributed by atoms with E-state index in [0.29, 0.717) is 17.8 Å². The largest absolute Gasteiger partial charge is 0.497 e. The third-order valence-electron chi connectivity index (χ3n) is 3.12. The second-order valence-corrected chi connectivity index (χ2v) is 4.54. The molecule has 0 aliphatic carbocycles. The van der Waals surface area contributed by atoms with E-state index in [-0.39, 0.29) is 18.3 Å². The van der Waals surface area contributed by atoms with Gasteiger partial charge in [-0.25, -0.2) is 0 Å². The van der Waals surface area contributed by atoms with Crippen LogP contribution in [0.3, 0.4) is 0 Å². The number of nitrogens with zero attached hydrogens (tertiary/aromatic N) is 1. The zero-order valence-corrected chi connectivity index (χ0v) is 13.2. The maximum absolute atomic E-state index is 12.1. The first-order valence-corrected chi connectivity index (χ1v) is 6.54. The molecular weight excluding hydrogens is 290 g/mol. The first-order chi connectivity index (χ1) is 9.65. The molecule has 2 aromatic rings. The van der Waals surface area contributed by atoms with Gasteiger partial charge in [-0.3, -0.25) is 9.78 Å². The van der Waals surface area contributed by atoms with Crippen molar-refractivity contribution in [3.05, 3.63) is 35.5 Å². The van der Waals surface area contributed by atoms with Gasteiger partial charge >= 0.3 is 0 Å². The summed E-state index contributed by atoms with van der Waals surface area (Å²) in [4.78, 5) is 16.6. The van der Waals surface area contributed by atoms with Crippen LogP contribution >= 0.6 is 12.4 Å². The monoisotopic (exact) mass is 309 g/mol. The first-order valence-electron chi connectivity index (χ1n) is 6.54. The highest BCUT2D eigenvalue weighted by Crippen LogP contribution is 2.21. The first kappa shape index (κ1) is 17.2. The summed E-state index contributed by atoms with van der Waals surface area (Å²) in [7, 11) is 3.47. The van der Waals surface area contributed by atoms with Gasteiger partial charge in [0.25, 0.3) is 5.91 Å². The zero-order valence-electron chi connectivity index (χ0n) is 12.4. The molecular formula is C15H20ClN3O2. The molecule has 6 heteroatoms. The van der Waals surface area contributed by atoms with Gasteiger partial charge in [0.1, 0.15) is 5.75 Å². The number of ether oxygens (including phenoxy) is 1.